The lowest BCUT2D eigenvalue weighted by atomic mass is 9.83. The van der Waals surface area contributed by atoms with Crippen molar-refractivity contribution in [2.45, 2.75) is 77.4 Å². The monoisotopic (exact) mass is 489 g/mol. The van der Waals surface area contributed by atoms with Crippen LogP contribution < -0.4 is 4.90 Å². The predicted octanol–water partition coefficient (Wildman–Crippen LogP) is 4.36. The Bertz CT molecular complexity index is 834. The van der Waals surface area contributed by atoms with Crippen molar-refractivity contribution in [2.75, 3.05) is 50.8 Å². The third-order valence-corrected chi connectivity index (χ3v) is 8.64. The van der Waals surface area contributed by atoms with Gasteiger partial charge in [-0.25, -0.2) is 0 Å². The molecule has 4 fully saturated rings. The van der Waals surface area contributed by atoms with E-state index in [-0.39, 0.29) is 12.2 Å². The Labute approximate surface area is 209 Å². The van der Waals surface area contributed by atoms with E-state index in [4.69, 9.17) is 14.0 Å². The third kappa shape index (κ3) is 6.20. The highest BCUT2D eigenvalue weighted by Crippen LogP contribution is 2.47. The molecule has 0 radical (unpaired) electrons. The number of hydrogen-bond acceptors (Lipinski definition) is 7. The molecule has 4 aliphatic rings. The van der Waals surface area contributed by atoms with Gasteiger partial charge in [-0.15, -0.1) is 0 Å². The first-order chi connectivity index (χ1) is 16.9. The molecule has 3 saturated heterocycles. The molecule has 1 N–H and O–H groups in total. The van der Waals surface area contributed by atoms with Gasteiger partial charge in [-0.3, -0.25) is 4.79 Å². The highest BCUT2D eigenvalue weighted by Gasteiger charge is 2.45. The van der Waals surface area contributed by atoms with Crippen molar-refractivity contribution in [3.05, 3.63) is 11.8 Å². The van der Waals surface area contributed by atoms with Crippen LogP contribution in [0.5, 0.6) is 0 Å². The van der Waals surface area contributed by atoms with E-state index >= 15 is 0 Å². The van der Waals surface area contributed by atoms with Crippen molar-refractivity contribution >= 4 is 11.8 Å². The maximum Gasteiger partial charge on any atom is 0.314 e. The summed E-state index contributed by atoms with van der Waals surface area (Å²) in [7, 11) is 0. The third-order valence-electron chi connectivity index (χ3n) is 8.64. The Morgan fingerprint density at radius 2 is 1.97 bits per heavy atom. The molecule has 0 aromatic carbocycles. The van der Waals surface area contributed by atoms with Crippen LogP contribution in [0.15, 0.2) is 10.6 Å². The number of nitrogens with zero attached hydrogens (tertiary/aromatic N) is 3. The normalized spacial score (nSPS) is 26.6. The van der Waals surface area contributed by atoms with Gasteiger partial charge >= 0.3 is 5.97 Å². The van der Waals surface area contributed by atoms with Crippen LogP contribution in [0.25, 0.3) is 0 Å². The Kier molecular flexibility index (Phi) is 7.70. The summed E-state index contributed by atoms with van der Waals surface area (Å²) in [6.07, 6.45) is 9.96. The fourth-order valence-corrected chi connectivity index (χ4v) is 6.18. The average molecular weight is 490 g/mol. The van der Waals surface area contributed by atoms with Gasteiger partial charge in [0.2, 0.25) is 0 Å². The van der Waals surface area contributed by atoms with Gasteiger partial charge in [-0.1, -0.05) is 19.0 Å². The minimum absolute atomic E-state index is 0.0310. The predicted molar refractivity (Wildman–Crippen MR) is 132 cm³/mol. The molecule has 0 bridgehead atoms. The van der Waals surface area contributed by atoms with Crippen molar-refractivity contribution in [1.29, 1.82) is 0 Å². The first kappa shape index (κ1) is 25.0. The van der Waals surface area contributed by atoms with Gasteiger partial charge in [0.05, 0.1) is 6.61 Å². The highest BCUT2D eigenvalue weighted by molar-refractivity contribution is 5.75. The second-order valence-corrected chi connectivity index (χ2v) is 12.0. The summed E-state index contributed by atoms with van der Waals surface area (Å²) < 4.78 is 17.3. The number of hydrogen-bond donors (Lipinski definition) is 1. The Morgan fingerprint density at radius 3 is 2.60 bits per heavy atom. The van der Waals surface area contributed by atoms with Gasteiger partial charge in [0, 0.05) is 37.7 Å². The van der Waals surface area contributed by atoms with E-state index in [1.54, 1.807) is 0 Å². The van der Waals surface area contributed by atoms with Crippen LogP contribution in [0.4, 0.5) is 5.82 Å². The number of ether oxygens (including phenoxy) is 2. The Hall–Kier alpha value is -1.64. The number of aromatic nitrogens is 1. The van der Waals surface area contributed by atoms with Crippen LogP contribution in [0.1, 0.15) is 76.9 Å². The number of carbonyl (C=O) groups is 1. The van der Waals surface area contributed by atoms with E-state index in [0.29, 0.717) is 17.1 Å². The molecular formula is C27H43N3O5. The molecule has 1 saturated carbocycles. The van der Waals surface area contributed by atoms with Crippen LogP contribution in [-0.4, -0.2) is 73.4 Å². The molecule has 4 heterocycles. The zero-order valence-corrected chi connectivity index (χ0v) is 21.5. The number of likely N-dealkylation sites (tertiary alicyclic amines) is 1. The SMILES string of the molecule is CC(C)C(C(=O)O)c1cc(N2CC(CC3CCN(CC4(COC5CCCCO5)CC4)CC3)C2)no1. The molecule has 2 unspecified atom stereocenters. The van der Waals surface area contributed by atoms with Gasteiger partial charge in [0.1, 0.15) is 5.92 Å². The zero-order valence-electron chi connectivity index (χ0n) is 21.5. The van der Waals surface area contributed by atoms with Crippen LogP contribution in [0.3, 0.4) is 0 Å². The number of carboxylic acid groups (broad SMARTS) is 1. The molecule has 35 heavy (non-hydrogen) atoms. The lowest BCUT2D eigenvalue weighted by Gasteiger charge is -2.42. The van der Waals surface area contributed by atoms with Crippen LogP contribution in [0.2, 0.25) is 0 Å². The summed E-state index contributed by atoms with van der Waals surface area (Å²) in [6, 6.07) is 1.82. The number of anilines is 1. The first-order valence-electron chi connectivity index (χ1n) is 13.8. The van der Waals surface area contributed by atoms with Crippen LogP contribution in [0, 0.1) is 23.2 Å². The van der Waals surface area contributed by atoms with Gasteiger partial charge < -0.3 is 28.9 Å². The van der Waals surface area contributed by atoms with E-state index in [2.05, 4.69) is 15.0 Å². The van der Waals surface area contributed by atoms with Crippen LogP contribution >= 0.6 is 0 Å². The lowest BCUT2D eigenvalue weighted by Crippen LogP contribution is -2.48. The summed E-state index contributed by atoms with van der Waals surface area (Å²) in [5, 5.41) is 13.7. The minimum Gasteiger partial charge on any atom is -0.481 e. The fraction of sp³-hybridized carbons (Fsp3) is 0.852. The van der Waals surface area contributed by atoms with Gasteiger partial charge in [0.15, 0.2) is 17.9 Å². The number of aliphatic carboxylic acids is 1. The van der Waals surface area contributed by atoms with E-state index in [9.17, 15) is 9.90 Å². The van der Waals surface area contributed by atoms with Crippen molar-refractivity contribution in [2.24, 2.45) is 23.2 Å². The number of carboxylic acids is 1. The standard InChI is InChI=1S/C27H43N3O5/c1-19(2)25(26(31)32)22-14-23(28-35-22)30-15-21(16-30)13-20-6-10-29(11-7-20)17-27(8-9-27)18-34-24-5-3-4-12-33-24/h14,19-21,24-25H,3-13,15-18H2,1-2H3,(H,31,32). The molecule has 0 amide bonds. The molecule has 196 valence electrons. The molecule has 0 spiro atoms. The average Bonchev–Trinajstić information content (AvgIpc) is 3.42. The van der Waals surface area contributed by atoms with Crippen molar-refractivity contribution in [1.82, 2.24) is 10.1 Å². The summed E-state index contributed by atoms with van der Waals surface area (Å²) >= 11 is 0. The molecule has 8 nitrogen and oxygen atoms in total. The van der Waals surface area contributed by atoms with Gasteiger partial charge in [0.25, 0.3) is 0 Å². The summed E-state index contributed by atoms with van der Waals surface area (Å²) in [5.41, 5.74) is 0.383. The summed E-state index contributed by atoms with van der Waals surface area (Å²) in [4.78, 5) is 16.5. The van der Waals surface area contributed by atoms with Gasteiger partial charge in [-0.05, 0) is 82.2 Å². The fourth-order valence-electron chi connectivity index (χ4n) is 6.18. The van der Waals surface area contributed by atoms with Crippen LogP contribution in [-0.2, 0) is 14.3 Å². The topological polar surface area (TPSA) is 88.3 Å². The second kappa shape index (κ2) is 10.8. The second-order valence-electron chi connectivity index (χ2n) is 12.0. The van der Waals surface area contributed by atoms with E-state index in [0.717, 1.165) is 44.5 Å². The Balaban J connectivity index is 0.999. The molecule has 3 aliphatic heterocycles. The smallest absolute Gasteiger partial charge is 0.314 e. The molecule has 1 aromatic heterocycles. The maximum atomic E-state index is 11.6. The quantitative estimate of drug-likeness (QED) is 0.491. The maximum absolute atomic E-state index is 11.6. The first-order valence-corrected chi connectivity index (χ1v) is 13.8. The van der Waals surface area contributed by atoms with Crippen molar-refractivity contribution in [3.63, 3.8) is 0 Å². The van der Waals surface area contributed by atoms with Crippen molar-refractivity contribution in [3.8, 4) is 0 Å². The summed E-state index contributed by atoms with van der Waals surface area (Å²) in [5.74, 6) is 1.24. The number of rotatable bonds is 11. The molecule has 5 rings (SSSR count). The molecule has 1 aromatic rings. The number of piperidine rings is 1. The molecule has 1 aliphatic carbocycles. The molecule has 2 atom stereocenters. The lowest BCUT2D eigenvalue weighted by molar-refractivity contribution is -0.172. The van der Waals surface area contributed by atoms with Gasteiger partial charge in [-0.2, -0.15) is 0 Å². The zero-order chi connectivity index (χ0) is 24.4. The van der Waals surface area contributed by atoms with E-state index in [1.807, 2.05) is 19.9 Å². The van der Waals surface area contributed by atoms with Crippen molar-refractivity contribution < 1.29 is 23.9 Å². The Morgan fingerprint density at radius 1 is 1.20 bits per heavy atom. The summed E-state index contributed by atoms with van der Waals surface area (Å²) in [6.45, 7) is 11.1. The largest absolute Gasteiger partial charge is 0.481 e. The minimum atomic E-state index is -0.853. The van der Waals surface area contributed by atoms with E-state index < -0.39 is 11.9 Å². The molecule has 8 heteroatoms. The molecular weight excluding hydrogens is 446 g/mol. The van der Waals surface area contributed by atoms with E-state index in [1.165, 1.54) is 64.6 Å². The highest BCUT2D eigenvalue weighted by atomic mass is 16.7.